The molecule has 2 rings (SSSR count). The Balaban J connectivity index is 1.96. The van der Waals surface area contributed by atoms with E-state index in [0.29, 0.717) is 6.10 Å². The van der Waals surface area contributed by atoms with Crippen LogP contribution in [0.15, 0.2) is 24.3 Å². The number of benzene rings is 1. The van der Waals surface area contributed by atoms with Crippen LogP contribution in [0.4, 0.5) is 0 Å². The molecular formula is C12H16O2S. The van der Waals surface area contributed by atoms with Crippen molar-refractivity contribution in [2.75, 3.05) is 11.5 Å². The lowest BCUT2D eigenvalue weighted by Gasteiger charge is -2.22. The van der Waals surface area contributed by atoms with Gasteiger partial charge in [-0.15, -0.1) is 0 Å². The van der Waals surface area contributed by atoms with Gasteiger partial charge in [-0.25, -0.2) is 0 Å². The summed E-state index contributed by atoms with van der Waals surface area (Å²) in [5.41, 5.74) is 0.915. The Hall–Kier alpha value is -0.670. The maximum absolute atomic E-state index is 9.01. The Morgan fingerprint density at radius 3 is 2.87 bits per heavy atom. The predicted molar refractivity (Wildman–Crippen MR) is 63.3 cm³/mol. The Morgan fingerprint density at radius 1 is 1.33 bits per heavy atom. The minimum atomic E-state index is 0.0811. The number of hydrogen-bond donors (Lipinski definition) is 1. The largest absolute Gasteiger partial charge is 0.490 e. The summed E-state index contributed by atoms with van der Waals surface area (Å²) in [6.45, 7) is 0.0811. The average molecular weight is 224 g/mol. The van der Waals surface area contributed by atoms with E-state index in [4.69, 9.17) is 9.84 Å². The summed E-state index contributed by atoms with van der Waals surface area (Å²) >= 11 is 2.00. The quantitative estimate of drug-likeness (QED) is 0.855. The molecule has 1 heterocycles. The third-order valence-corrected chi connectivity index (χ3v) is 3.60. The van der Waals surface area contributed by atoms with Crippen LogP contribution in [-0.2, 0) is 6.61 Å². The highest BCUT2D eigenvalue weighted by molar-refractivity contribution is 7.99. The molecular weight excluding hydrogens is 208 g/mol. The van der Waals surface area contributed by atoms with Crippen LogP contribution in [0.25, 0.3) is 0 Å². The fourth-order valence-electron chi connectivity index (χ4n) is 1.70. The van der Waals surface area contributed by atoms with Crippen LogP contribution >= 0.6 is 11.8 Å². The Kier molecular flexibility index (Phi) is 3.92. The monoisotopic (exact) mass is 224 g/mol. The third-order valence-electron chi connectivity index (χ3n) is 2.55. The molecule has 82 valence electrons. The van der Waals surface area contributed by atoms with E-state index in [1.807, 2.05) is 36.0 Å². The van der Waals surface area contributed by atoms with Crippen molar-refractivity contribution in [2.45, 2.75) is 25.6 Å². The third kappa shape index (κ3) is 3.14. The highest BCUT2D eigenvalue weighted by atomic mass is 32.2. The van der Waals surface area contributed by atoms with E-state index < -0.39 is 0 Å². The van der Waals surface area contributed by atoms with Crippen LogP contribution in [0.3, 0.4) is 0 Å². The van der Waals surface area contributed by atoms with E-state index in [2.05, 4.69) is 0 Å². The maximum atomic E-state index is 9.01. The molecule has 15 heavy (non-hydrogen) atoms. The van der Waals surface area contributed by atoms with Crippen LogP contribution in [0.1, 0.15) is 18.4 Å². The molecule has 0 saturated carbocycles. The average Bonchev–Trinajstić information content (AvgIpc) is 2.31. The van der Waals surface area contributed by atoms with Gasteiger partial charge in [0.25, 0.3) is 0 Å². The minimum absolute atomic E-state index is 0.0811. The minimum Gasteiger partial charge on any atom is -0.490 e. The molecule has 1 N–H and O–H groups in total. The molecule has 0 amide bonds. The van der Waals surface area contributed by atoms with Crippen molar-refractivity contribution in [1.82, 2.24) is 0 Å². The lowest BCUT2D eigenvalue weighted by Crippen LogP contribution is -2.22. The van der Waals surface area contributed by atoms with Crippen molar-refractivity contribution in [3.63, 3.8) is 0 Å². The van der Waals surface area contributed by atoms with Gasteiger partial charge < -0.3 is 9.84 Å². The Labute approximate surface area is 94.6 Å². The molecule has 1 aromatic carbocycles. The van der Waals surface area contributed by atoms with E-state index >= 15 is 0 Å². The van der Waals surface area contributed by atoms with E-state index in [0.717, 1.165) is 24.2 Å². The maximum Gasteiger partial charge on any atom is 0.120 e. The van der Waals surface area contributed by atoms with Crippen molar-refractivity contribution in [1.29, 1.82) is 0 Å². The molecule has 0 bridgehead atoms. The number of ether oxygens (including phenoxy) is 1. The van der Waals surface area contributed by atoms with Gasteiger partial charge in [0.2, 0.25) is 0 Å². The van der Waals surface area contributed by atoms with Crippen LogP contribution in [0.2, 0.25) is 0 Å². The molecule has 0 unspecified atom stereocenters. The van der Waals surface area contributed by atoms with Crippen molar-refractivity contribution >= 4 is 11.8 Å². The van der Waals surface area contributed by atoms with Gasteiger partial charge in [0, 0.05) is 0 Å². The molecule has 2 nitrogen and oxygen atoms in total. The van der Waals surface area contributed by atoms with Gasteiger partial charge in [-0.05, 0) is 42.0 Å². The van der Waals surface area contributed by atoms with Gasteiger partial charge in [0.1, 0.15) is 11.9 Å². The molecule has 0 aromatic heterocycles. The summed E-state index contributed by atoms with van der Waals surface area (Å²) in [5, 5.41) is 9.01. The first-order valence-corrected chi connectivity index (χ1v) is 6.48. The van der Waals surface area contributed by atoms with Gasteiger partial charge in [-0.1, -0.05) is 12.1 Å². The zero-order valence-corrected chi connectivity index (χ0v) is 9.50. The zero-order chi connectivity index (χ0) is 10.5. The van der Waals surface area contributed by atoms with Crippen LogP contribution in [0.5, 0.6) is 5.75 Å². The zero-order valence-electron chi connectivity index (χ0n) is 8.69. The van der Waals surface area contributed by atoms with Crippen molar-refractivity contribution < 1.29 is 9.84 Å². The van der Waals surface area contributed by atoms with E-state index in [1.165, 1.54) is 11.5 Å². The summed E-state index contributed by atoms with van der Waals surface area (Å²) in [5.74, 6) is 3.28. The SMILES string of the molecule is OCc1cccc(OC2CCSCC2)c1. The number of aliphatic hydroxyl groups excluding tert-OH is 1. The second-order valence-electron chi connectivity index (χ2n) is 3.74. The van der Waals surface area contributed by atoms with Crippen molar-refractivity contribution in [3.05, 3.63) is 29.8 Å². The molecule has 1 aliphatic heterocycles. The molecule has 0 spiro atoms. The van der Waals surface area contributed by atoms with Gasteiger partial charge in [0.05, 0.1) is 6.61 Å². The van der Waals surface area contributed by atoms with E-state index in [1.54, 1.807) is 0 Å². The highest BCUT2D eigenvalue weighted by Crippen LogP contribution is 2.23. The predicted octanol–water partition coefficient (Wildman–Crippen LogP) is 2.45. The van der Waals surface area contributed by atoms with Crippen molar-refractivity contribution in [2.24, 2.45) is 0 Å². The topological polar surface area (TPSA) is 29.5 Å². The number of thioether (sulfide) groups is 1. The summed E-state index contributed by atoms with van der Waals surface area (Å²) in [7, 11) is 0. The molecule has 0 aliphatic carbocycles. The molecule has 0 radical (unpaired) electrons. The molecule has 1 aromatic rings. The Morgan fingerprint density at radius 2 is 2.13 bits per heavy atom. The molecule has 3 heteroatoms. The second-order valence-corrected chi connectivity index (χ2v) is 4.96. The fourth-order valence-corrected chi connectivity index (χ4v) is 2.77. The molecule has 1 fully saturated rings. The van der Waals surface area contributed by atoms with Crippen LogP contribution in [-0.4, -0.2) is 22.7 Å². The van der Waals surface area contributed by atoms with Gasteiger partial charge in [0.15, 0.2) is 0 Å². The Bertz CT molecular complexity index is 308. The summed E-state index contributed by atoms with van der Waals surface area (Å²) in [4.78, 5) is 0. The molecule has 1 saturated heterocycles. The first-order chi connectivity index (χ1) is 7.38. The smallest absolute Gasteiger partial charge is 0.120 e. The van der Waals surface area contributed by atoms with Crippen LogP contribution in [0, 0.1) is 0 Å². The van der Waals surface area contributed by atoms with E-state index in [-0.39, 0.29) is 6.61 Å². The summed E-state index contributed by atoms with van der Waals surface area (Å²) in [6.07, 6.45) is 2.63. The van der Waals surface area contributed by atoms with Gasteiger partial charge >= 0.3 is 0 Å². The fraction of sp³-hybridized carbons (Fsp3) is 0.500. The number of hydrogen-bond acceptors (Lipinski definition) is 3. The van der Waals surface area contributed by atoms with Gasteiger partial charge in [-0.3, -0.25) is 0 Å². The van der Waals surface area contributed by atoms with Gasteiger partial charge in [-0.2, -0.15) is 11.8 Å². The second kappa shape index (κ2) is 5.42. The lowest BCUT2D eigenvalue weighted by atomic mass is 10.2. The first-order valence-electron chi connectivity index (χ1n) is 5.32. The number of rotatable bonds is 3. The normalized spacial score (nSPS) is 17.7. The van der Waals surface area contributed by atoms with Crippen LogP contribution < -0.4 is 4.74 Å². The standard InChI is InChI=1S/C12H16O2S/c13-9-10-2-1-3-12(8-10)14-11-4-6-15-7-5-11/h1-3,8,11,13H,4-7,9H2. The van der Waals surface area contributed by atoms with E-state index in [9.17, 15) is 0 Å². The number of aliphatic hydroxyl groups is 1. The molecule has 1 aliphatic rings. The van der Waals surface area contributed by atoms with Crippen molar-refractivity contribution in [3.8, 4) is 5.75 Å². The summed E-state index contributed by atoms with van der Waals surface area (Å²) < 4.78 is 5.87. The first kappa shape index (κ1) is 10.8. The summed E-state index contributed by atoms with van der Waals surface area (Å²) in [6, 6.07) is 7.71. The lowest BCUT2D eigenvalue weighted by molar-refractivity contribution is 0.191. The highest BCUT2D eigenvalue weighted by Gasteiger charge is 2.14. The molecule has 0 atom stereocenters.